The molecule has 0 saturated carbocycles. The molecule has 1 heterocycles. The summed E-state index contributed by atoms with van der Waals surface area (Å²) >= 11 is 5.99. The predicted molar refractivity (Wildman–Crippen MR) is 83.1 cm³/mol. The molecule has 112 valence electrons. The normalized spacial score (nSPS) is 10.9. The smallest absolute Gasteiger partial charge is 0.290 e. The third-order valence-corrected chi connectivity index (χ3v) is 3.43. The quantitative estimate of drug-likeness (QED) is 0.920. The van der Waals surface area contributed by atoms with Crippen molar-refractivity contribution in [1.82, 2.24) is 4.90 Å². The highest BCUT2D eigenvalue weighted by Crippen LogP contribution is 2.17. The van der Waals surface area contributed by atoms with Crippen molar-refractivity contribution in [3.05, 3.63) is 58.5 Å². The van der Waals surface area contributed by atoms with Crippen LogP contribution in [-0.4, -0.2) is 16.8 Å². The maximum Gasteiger partial charge on any atom is 0.290 e. The number of amides is 1. The summed E-state index contributed by atoms with van der Waals surface area (Å²) in [5.41, 5.74) is 6.49. The van der Waals surface area contributed by atoms with Crippen molar-refractivity contribution in [3.63, 3.8) is 0 Å². The first-order chi connectivity index (χ1) is 10.0. The number of hydrogen-bond acceptors (Lipinski definition) is 3. The molecule has 0 bridgehead atoms. The van der Waals surface area contributed by atoms with Gasteiger partial charge in [0.1, 0.15) is 5.76 Å². The second-order valence-electron chi connectivity index (χ2n) is 5.13. The van der Waals surface area contributed by atoms with Crippen molar-refractivity contribution in [2.45, 2.75) is 33.0 Å². The van der Waals surface area contributed by atoms with E-state index in [0.29, 0.717) is 23.1 Å². The lowest BCUT2D eigenvalue weighted by Crippen LogP contribution is -2.36. The van der Waals surface area contributed by atoms with Gasteiger partial charge in [-0.3, -0.25) is 4.79 Å². The van der Waals surface area contributed by atoms with E-state index in [4.69, 9.17) is 21.8 Å². The van der Waals surface area contributed by atoms with Crippen molar-refractivity contribution in [1.29, 1.82) is 0 Å². The van der Waals surface area contributed by atoms with Crippen LogP contribution in [0, 0.1) is 0 Å². The highest BCUT2D eigenvalue weighted by Gasteiger charge is 2.22. The summed E-state index contributed by atoms with van der Waals surface area (Å²) in [6.45, 7) is 4.70. The first kappa shape index (κ1) is 15.6. The molecule has 5 heteroatoms. The molecule has 1 aromatic heterocycles. The van der Waals surface area contributed by atoms with Crippen LogP contribution in [0.15, 0.2) is 40.8 Å². The Morgan fingerprint density at radius 1 is 1.33 bits per heavy atom. The lowest BCUT2D eigenvalue weighted by molar-refractivity contribution is 0.0655. The number of nitrogens with zero attached hydrogens (tertiary/aromatic N) is 1. The predicted octanol–water partition coefficient (Wildman–Crippen LogP) is 3.44. The second-order valence-corrected chi connectivity index (χ2v) is 5.56. The number of halogens is 1. The van der Waals surface area contributed by atoms with Gasteiger partial charge in [0, 0.05) is 17.6 Å². The SMILES string of the molecule is CC(C)N(Cc1cccc(Cl)c1)C(=O)c1ccc(CN)o1. The Morgan fingerprint density at radius 3 is 2.67 bits per heavy atom. The first-order valence-electron chi connectivity index (χ1n) is 6.85. The zero-order valence-electron chi connectivity index (χ0n) is 12.2. The van der Waals surface area contributed by atoms with Crippen molar-refractivity contribution in [3.8, 4) is 0 Å². The van der Waals surface area contributed by atoms with E-state index in [1.54, 1.807) is 17.0 Å². The van der Waals surface area contributed by atoms with Gasteiger partial charge in [-0.2, -0.15) is 0 Å². The summed E-state index contributed by atoms with van der Waals surface area (Å²) < 4.78 is 5.44. The molecule has 4 nitrogen and oxygen atoms in total. The molecule has 0 aliphatic heterocycles. The zero-order chi connectivity index (χ0) is 15.4. The third kappa shape index (κ3) is 3.86. The first-order valence-corrected chi connectivity index (χ1v) is 7.23. The Labute approximate surface area is 129 Å². The molecule has 21 heavy (non-hydrogen) atoms. The van der Waals surface area contributed by atoms with Crippen molar-refractivity contribution < 1.29 is 9.21 Å². The van der Waals surface area contributed by atoms with Gasteiger partial charge < -0.3 is 15.1 Å². The minimum absolute atomic E-state index is 0.0444. The zero-order valence-corrected chi connectivity index (χ0v) is 12.9. The van der Waals surface area contributed by atoms with Gasteiger partial charge in [0.15, 0.2) is 5.76 Å². The Morgan fingerprint density at radius 2 is 2.10 bits per heavy atom. The summed E-state index contributed by atoms with van der Waals surface area (Å²) in [6.07, 6.45) is 0. The maximum atomic E-state index is 12.6. The minimum atomic E-state index is -0.148. The van der Waals surface area contributed by atoms with Crippen LogP contribution < -0.4 is 5.73 Å². The molecule has 0 atom stereocenters. The van der Waals surface area contributed by atoms with E-state index in [1.807, 2.05) is 38.1 Å². The van der Waals surface area contributed by atoms with E-state index in [0.717, 1.165) is 5.56 Å². The number of rotatable bonds is 5. The average molecular weight is 307 g/mol. The number of furan rings is 1. The van der Waals surface area contributed by atoms with Crippen LogP contribution in [0.4, 0.5) is 0 Å². The van der Waals surface area contributed by atoms with Crippen LogP contribution in [0.3, 0.4) is 0 Å². The standard InChI is InChI=1S/C16H19ClN2O2/c1-11(2)19(10-12-4-3-5-13(17)8-12)16(20)15-7-6-14(9-18)21-15/h3-8,11H,9-10,18H2,1-2H3. The van der Waals surface area contributed by atoms with Crippen LogP contribution in [-0.2, 0) is 13.1 Å². The fourth-order valence-corrected chi connectivity index (χ4v) is 2.28. The van der Waals surface area contributed by atoms with Gasteiger partial charge in [0.25, 0.3) is 5.91 Å². The van der Waals surface area contributed by atoms with Crippen LogP contribution >= 0.6 is 11.6 Å². The van der Waals surface area contributed by atoms with E-state index >= 15 is 0 Å². The van der Waals surface area contributed by atoms with E-state index in [2.05, 4.69) is 0 Å². The molecular weight excluding hydrogens is 288 g/mol. The molecule has 1 aromatic carbocycles. The van der Waals surface area contributed by atoms with Gasteiger partial charge >= 0.3 is 0 Å². The summed E-state index contributed by atoms with van der Waals surface area (Å²) in [4.78, 5) is 14.3. The Kier molecular flexibility index (Phi) is 5.04. The maximum absolute atomic E-state index is 12.6. The largest absolute Gasteiger partial charge is 0.455 e. The van der Waals surface area contributed by atoms with Crippen LogP contribution in [0.25, 0.3) is 0 Å². The molecule has 0 aliphatic rings. The van der Waals surface area contributed by atoms with Crippen molar-refractivity contribution >= 4 is 17.5 Å². The van der Waals surface area contributed by atoms with E-state index in [9.17, 15) is 4.79 Å². The van der Waals surface area contributed by atoms with Crippen LogP contribution in [0.1, 0.15) is 35.7 Å². The average Bonchev–Trinajstić information content (AvgIpc) is 2.93. The number of hydrogen-bond donors (Lipinski definition) is 1. The van der Waals surface area contributed by atoms with E-state index in [-0.39, 0.29) is 18.5 Å². The van der Waals surface area contributed by atoms with Crippen LogP contribution in [0.5, 0.6) is 0 Å². The number of nitrogens with two attached hydrogens (primary N) is 1. The minimum Gasteiger partial charge on any atom is -0.455 e. The molecule has 0 saturated heterocycles. The summed E-state index contributed by atoms with van der Waals surface area (Å²) in [5, 5.41) is 0.659. The van der Waals surface area contributed by atoms with E-state index in [1.165, 1.54) is 0 Å². The summed E-state index contributed by atoms with van der Waals surface area (Å²) in [7, 11) is 0. The second kappa shape index (κ2) is 6.78. The Hall–Kier alpha value is -1.78. The van der Waals surface area contributed by atoms with Gasteiger partial charge in [-0.05, 0) is 43.7 Å². The Bertz CT molecular complexity index is 622. The van der Waals surface area contributed by atoms with Crippen LogP contribution in [0.2, 0.25) is 5.02 Å². The molecular formula is C16H19ClN2O2. The summed E-state index contributed by atoms with van der Waals surface area (Å²) in [5.74, 6) is 0.765. The number of carbonyl (C=O) groups is 1. The molecule has 2 rings (SSSR count). The summed E-state index contributed by atoms with van der Waals surface area (Å²) in [6, 6.07) is 10.9. The van der Waals surface area contributed by atoms with E-state index < -0.39 is 0 Å². The monoisotopic (exact) mass is 306 g/mol. The Balaban J connectivity index is 2.20. The topological polar surface area (TPSA) is 59.5 Å². The lowest BCUT2D eigenvalue weighted by atomic mass is 10.2. The molecule has 0 spiro atoms. The molecule has 0 aliphatic carbocycles. The highest BCUT2D eigenvalue weighted by molar-refractivity contribution is 6.30. The van der Waals surface area contributed by atoms with Crippen molar-refractivity contribution in [2.24, 2.45) is 5.73 Å². The fraction of sp³-hybridized carbons (Fsp3) is 0.312. The molecule has 0 unspecified atom stereocenters. The van der Waals surface area contributed by atoms with Gasteiger partial charge in [-0.15, -0.1) is 0 Å². The fourth-order valence-electron chi connectivity index (χ4n) is 2.07. The molecule has 0 fully saturated rings. The molecule has 2 N–H and O–H groups in total. The van der Waals surface area contributed by atoms with Gasteiger partial charge in [0.05, 0.1) is 6.54 Å². The number of carbonyl (C=O) groups excluding carboxylic acids is 1. The van der Waals surface area contributed by atoms with Gasteiger partial charge in [-0.25, -0.2) is 0 Å². The highest BCUT2D eigenvalue weighted by atomic mass is 35.5. The number of benzene rings is 1. The third-order valence-electron chi connectivity index (χ3n) is 3.20. The van der Waals surface area contributed by atoms with Gasteiger partial charge in [-0.1, -0.05) is 23.7 Å². The molecule has 2 aromatic rings. The van der Waals surface area contributed by atoms with Crippen molar-refractivity contribution in [2.75, 3.05) is 0 Å². The lowest BCUT2D eigenvalue weighted by Gasteiger charge is -2.26. The van der Waals surface area contributed by atoms with Gasteiger partial charge in [0.2, 0.25) is 0 Å². The molecule has 1 amide bonds. The molecule has 0 radical (unpaired) electrons.